The first-order valence-electron chi connectivity index (χ1n) is 10.8. The van der Waals surface area contributed by atoms with Crippen LogP contribution in [0, 0.1) is 6.92 Å². The molecule has 0 bridgehead atoms. The van der Waals surface area contributed by atoms with Crippen LogP contribution in [0.15, 0.2) is 42.6 Å². The van der Waals surface area contributed by atoms with Crippen molar-refractivity contribution >= 4 is 11.7 Å². The molecule has 176 valence electrons. The molecule has 0 aliphatic carbocycles. The molecule has 0 radical (unpaired) electrons. The molecule has 2 aliphatic rings. The Labute approximate surface area is 190 Å². The first kappa shape index (κ1) is 23.2. The van der Waals surface area contributed by atoms with Crippen LogP contribution in [0.25, 0.3) is 0 Å². The van der Waals surface area contributed by atoms with Crippen LogP contribution in [0.4, 0.5) is 18.9 Å². The van der Waals surface area contributed by atoms with Gasteiger partial charge in [0, 0.05) is 43.4 Å². The second-order valence-electron chi connectivity index (χ2n) is 9.01. The smallest absolute Gasteiger partial charge is 0.335 e. The Hall–Kier alpha value is -3.00. The Kier molecular flexibility index (Phi) is 5.90. The fraction of sp³-hybridized carbons (Fsp3) is 0.400. The summed E-state index contributed by atoms with van der Waals surface area (Å²) in [6.45, 7) is 3.78. The first-order valence-corrected chi connectivity index (χ1v) is 10.8. The van der Waals surface area contributed by atoms with Gasteiger partial charge in [-0.1, -0.05) is 12.1 Å². The zero-order valence-electron chi connectivity index (χ0n) is 18.8. The molecule has 4 rings (SSSR count). The first-order chi connectivity index (χ1) is 15.5. The largest absolute Gasteiger partial charge is 0.496 e. The minimum absolute atomic E-state index is 0.129. The van der Waals surface area contributed by atoms with Gasteiger partial charge in [-0.05, 0) is 49.6 Å². The topological polar surface area (TPSA) is 61.8 Å². The molecule has 0 spiro atoms. The molecule has 0 unspecified atom stereocenters. The fourth-order valence-electron chi connectivity index (χ4n) is 4.77. The predicted molar refractivity (Wildman–Crippen MR) is 120 cm³/mol. The number of alkyl halides is 3. The number of likely N-dealkylation sites (tertiary alicyclic amines) is 1. The number of halogens is 3. The van der Waals surface area contributed by atoms with Gasteiger partial charge in [-0.3, -0.25) is 4.90 Å². The third-order valence-corrected chi connectivity index (χ3v) is 6.55. The number of benzene rings is 2. The highest BCUT2D eigenvalue weighted by Crippen LogP contribution is 2.47. The highest BCUT2D eigenvalue weighted by atomic mass is 19.3. The van der Waals surface area contributed by atoms with Crippen LogP contribution in [-0.4, -0.2) is 35.3 Å². The molecule has 2 aromatic rings. The van der Waals surface area contributed by atoms with Crippen molar-refractivity contribution in [2.75, 3.05) is 19.0 Å². The average molecular weight is 460 g/mol. The van der Waals surface area contributed by atoms with Crippen molar-refractivity contribution in [3.63, 3.8) is 0 Å². The predicted octanol–water partition coefficient (Wildman–Crippen LogP) is 5.80. The summed E-state index contributed by atoms with van der Waals surface area (Å²) in [5.74, 6) is -3.87. The van der Waals surface area contributed by atoms with E-state index in [1.165, 1.54) is 25.4 Å². The van der Waals surface area contributed by atoms with Gasteiger partial charge >= 0.3 is 5.97 Å². The molecule has 1 fully saturated rings. The van der Waals surface area contributed by atoms with Gasteiger partial charge in [0.25, 0.3) is 5.92 Å². The van der Waals surface area contributed by atoms with Crippen molar-refractivity contribution in [3.05, 3.63) is 70.4 Å². The number of carboxylic acid groups (broad SMARTS) is 1. The maximum atomic E-state index is 15.1. The Morgan fingerprint density at radius 2 is 1.97 bits per heavy atom. The normalized spacial score (nSPS) is 24.1. The van der Waals surface area contributed by atoms with Crippen LogP contribution in [-0.2, 0) is 12.5 Å². The minimum atomic E-state index is -3.18. The minimum Gasteiger partial charge on any atom is -0.496 e. The van der Waals surface area contributed by atoms with E-state index in [9.17, 15) is 9.90 Å². The summed E-state index contributed by atoms with van der Waals surface area (Å²) >= 11 is 0. The lowest BCUT2D eigenvalue weighted by atomic mass is 9.84. The number of rotatable bonds is 5. The SMILES string of the molecule is COc1cc(C)c2c(c1CN1CC[C@@](C)(F)C[C@H]1c1ccc(C(=O)O)cc1)C(F)(F)C=CN2. The number of ether oxygens (including phenoxy) is 1. The molecule has 0 amide bonds. The maximum Gasteiger partial charge on any atom is 0.335 e. The number of carboxylic acids is 1. The zero-order valence-corrected chi connectivity index (χ0v) is 18.8. The van der Waals surface area contributed by atoms with E-state index in [0.717, 1.165) is 11.6 Å². The number of nitrogens with one attached hydrogen (secondary N) is 1. The number of allylic oxidation sites excluding steroid dienone is 1. The molecule has 2 aromatic carbocycles. The second-order valence-corrected chi connectivity index (χ2v) is 9.01. The van der Waals surface area contributed by atoms with Crippen LogP contribution in [0.3, 0.4) is 0 Å². The van der Waals surface area contributed by atoms with Crippen LogP contribution in [0.5, 0.6) is 5.75 Å². The van der Waals surface area contributed by atoms with Crippen molar-refractivity contribution in [2.24, 2.45) is 0 Å². The number of hydrogen-bond donors (Lipinski definition) is 2. The van der Waals surface area contributed by atoms with Crippen molar-refractivity contribution in [3.8, 4) is 5.75 Å². The van der Waals surface area contributed by atoms with E-state index in [1.807, 2.05) is 4.90 Å². The number of fused-ring (bicyclic) bond motifs is 1. The summed E-state index contributed by atoms with van der Waals surface area (Å²) in [5.41, 5.74) is 0.685. The van der Waals surface area contributed by atoms with Crippen LogP contribution in [0.1, 0.15) is 58.4 Å². The molecular weight excluding hydrogens is 433 g/mol. The lowest BCUT2D eigenvalue weighted by Crippen LogP contribution is -2.42. The standard InChI is InChI=1S/C25H27F3N2O3/c1-15-12-20(33-3)18(21-22(15)29-10-8-25(21,27)28)14-30-11-9-24(2,26)13-19(30)16-4-6-17(7-5-16)23(31)32/h4-8,10,12,19,29H,9,11,13-14H2,1-3H3,(H,31,32)/t19-,24+/m0/s1. The van der Waals surface area contributed by atoms with Gasteiger partial charge in [0.15, 0.2) is 0 Å². The number of piperidine rings is 1. The van der Waals surface area contributed by atoms with Gasteiger partial charge < -0.3 is 15.2 Å². The molecule has 1 saturated heterocycles. The summed E-state index contributed by atoms with van der Waals surface area (Å²) < 4.78 is 50.6. The molecule has 0 saturated carbocycles. The monoisotopic (exact) mass is 460 g/mol. The Morgan fingerprint density at radius 3 is 2.61 bits per heavy atom. The molecule has 0 aromatic heterocycles. The van der Waals surface area contributed by atoms with Gasteiger partial charge in [-0.15, -0.1) is 0 Å². The van der Waals surface area contributed by atoms with Crippen molar-refractivity contribution in [2.45, 2.75) is 50.9 Å². The summed E-state index contributed by atoms with van der Waals surface area (Å²) in [5, 5.41) is 12.1. The van der Waals surface area contributed by atoms with E-state index in [1.54, 1.807) is 32.0 Å². The van der Waals surface area contributed by atoms with Gasteiger partial charge in [0.2, 0.25) is 0 Å². The summed E-state index contributed by atoms with van der Waals surface area (Å²) in [4.78, 5) is 13.2. The Morgan fingerprint density at radius 1 is 1.27 bits per heavy atom. The van der Waals surface area contributed by atoms with Gasteiger partial charge in [0.1, 0.15) is 11.4 Å². The van der Waals surface area contributed by atoms with Gasteiger partial charge in [0.05, 0.1) is 23.9 Å². The number of carbonyl (C=O) groups is 1. The van der Waals surface area contributed by atoms with E-state index in [2.05, 4.69) is 5.32 Å². The van der Waals surface area contributed by atoms with Gasteiger partial charge in [-0.25, -0.2) is 9.18 Å². The number of methoxy groups -OCH3 is 1. The van der Waals surface area contributed by atoms with Crippen molar-refractivity contribution in [1.82, 2.24) is 4.90 Å². The van der Waals surface area contributed by atoms with Crippen LogP contribution >= 0.6 is 0 Å². The van der Waals surface area contributed by atoms with Crippen molar-refractivity contribution < 1.29 is 27.8 Å². The molecule has 8 heteroatoms. The van der Waals surface area contributed by atoms with E-state index < -0.39 is 23.6 Å². The third-order valence-electron chi connectivity index (χ3n) is 6.55. The van der Waals surface area contributed by atoms with Crippen LogP contribution < -0.4 is 10.1 Å². The molecule has 33 heavy (non-hydrogen) atoms. The Bertz CT molecular complexity index is 1100. The van der Waals surface area contributed by atoms with Gasteiger partial charge in [-0.2, -0.15) is 8.78 Å². The Balaban J connectivity index is 1.76. The summed E-state index contributed by atoms with van der Waals surface area (Å²) in [6.07, 6.45) is 2.51. The van der Waals surface area contributed by atoms with Crippen molar-refractivity contribution in [1.29, 1.82) is 0 Å². The zero-order chi connectivity index (χ0) is 24.0. The quantitative estimate of drug-likeness (QED) is 0.591. The number of nitrogens with zero attached hydrogens (tertiary/aromatic N) is 1. The highest BCUT2D eigenvalue weighted by molar-refractivity contribution is 5.87. The molecule has 2 aliphatic heterocycles. The number of aryl methyl sites for hydroxylation is 1. The number of hydrogen-bond acceptors (Lipinski definition) is 4. The maximum absolute atomic E-state index is 15.1. The second kappa shape index (κ2) is 8.41. The lowest BCUT2D eigenvalue weighted by molar-refractivity contribution is 0.0204. The summed E-state index contributed by atoms with van der Waals surface area (Å²) in [6, 6.07) is 7.64. The number of anilines is 1. The lowest BCUT2D eigenvalue weighted by Gasteiger charge is -2.42. The van der Waals surface area contributed by atoms with E-state index >= 15 is 13.2 Å². The molecule has 2 atom stereocenters. The molecule has 2 N–H and O–H groups in total. The van der Waals surface area contributed by atoms with E-state index in [0.29, 0.717) is 29.1 Å². The molecule has 2 heterocycles. The average Bonchev–Trinajstić information content (AvgIpc) is 2.76. The van der Waals surface area contributed by atoms with Crippen LogP contribution in [0.2, 0.25) is 0 Å². The third kappa shape index (κ3) is 4.44. The van der Waals surface area contributed by atoms with E-state index in [-0.39, 0.29) is 30.5 Å². The fourth-order valence-corrected chi connectivity index (χ4v) is 4.77. The summed E-state index contributed by atoms with van der Waals surface area (Å²) in [7, 11) is 1.45. The molecular formula is C25H27F3N2O3. The molecule has 5 nitrogen and oxygen atoms in total. The highest BCUT2D eigenvalue weighted by Gasteiger charge is 2.41. The number of aromatic carboxylic acids is 1. The van der Waals surface area contributed by atoms with E-state index in [4.69, 9.17) is 4.74 Å².